The zero-order chi connectivity index (χ0) is 15.1. The molecule has 4 aromatic rings. The van der Waals surface area contributed by atoms with E-state index in [2.05, 4.69) is 20.3 Å². The smallest absolute Gasteiger partial charge is 0.255 e. The van der Waals surface area contributed by atoms with Crippen LogP contribution >= 0.6 is 11.6 Å². The largest absolute Gasteiger partial charge is 0.329 e. The maximum Gasteiger partial charge on any atom is 0.255 e. The van der Waals surface area contributed by atoms with Crippen LogP contribution in [0.15, 0.2) is 47.4 Å². The van der Waals surface area contributed by atoms with Gasteiger partial charge in [0.25, 0.3) is 5.56 Å². The van der Waals surface area contributed by atoms with Crippen molar-refractivity contribution in [1.29, 1.82) is 0 Å². The molecule has 3 aromatic heterocycles. The average Bonchev–Trinajstić information content (AvgIpc) is 2.91. The van der Waals surface area contributed by atoms with E-state index in [4.69, 9.17) is 11.6 Å². The van der Waals surface area contributed by atoms with Crippen LogP contribution in [0.4, 0.5) is 0 Å². The molecule has 4 rings (SSSR count). The van der Waals surface area contributed by atoms with Crippen molar-refractivity contribution in [3.63, 3.8) is 0 Å². The van der Waals surface area contributed by atoms with Gasteiger partial charge in [0, 0.05) is 18.0 Å². The van der Waals surface area contributed by atoms with Gasteiger partial charge >= 0.3 is 0 Å². The second-order valence-electron chi connectivity index (χ2n) is 4.90. The summed E-state index contributed by atoms with van der Waals surface area (Å²) in [5.41, 5.74) is 1.52. The maximum absolute atomic E-state index is 11.9. The highest BCUT2D eigenvalue weighted by Crippen LogP contribution is 2.18. The van der Waals surface area contributed by atoms with Crippen molar-refractivity contribution in [2.75, 3.05) is 0 Å². The van der Waals surface area contributed by atoms with Gasteiger partial charge in [0.05, 0.1) is 0 Å². The highest BCUT2D eigenvalue weighted by atomic mass is 35.5. The quantitative estimate of drug-likeness (QED) is 0.616. The first kappa shape index (κ1) is 13.0. The Labute approximate surface area is 129 Å². The first-order valence-corrected chi connectivity index (χ1v) is 7.06. The lowest BCUT2D eigenvalue weighted by molar-refractivity contribution is 0.840. The fraction of sp³-hybridized carbons (Fsp3) is 0.0667. The Hall–Kier alpha value is -2.73. The van der Waals surface area contributed by atoms with Crippen LogP contribution < -0.4 is 5.56 Å². The summed E-state index contributed by atoms with van der Waals surface area (Å²) in [5.74, 6) is 0.672. The third-order valence-electron chi connectivity index (χ3n) is 3.55. The Kier molecular flexibility index (Phi) is 2.90. The van der Waals surface area contributed by atoms with Crippen molar-refractivity contribution in [3.8, 4) is 0 Å². The SMILES string of the molecule is O=c1[nH]ccc2c(Cc3nnc4ccc(Cl)nn34)cccc12. The molecule has 1 aromatic carbocycles. The summed E-state index contributed by atoms with van der Waals surface area (Å²) in [4.78, 5) is 14.6. The zero-order valence-corrected chi connectivity index (χ0v) is 12.1. The van der Waals surface area contributed by atoms with Gasteiger partial charge in [0.15, 0.2) is 11.5 Å². The molecule has 0 amide bonds. The maximum atomic E-state index is 11.9. The Balaban J connectivity index is 1.88. The molecule has 0 fully saturated rings. The number of aromatic nitrogens is 5. The number of rotatable bonds is 2. The molecule has 0 saturated heterocycles. The second-order valence-corrected chi connectivity index (χ2v) is 5.29. The number of nitrogens with one attached hydrogen (secondary N) is 1. The first-order valence-electron chi connectivity index (χ1n) is 6.68. The fourth-order valence-electron chi connectivity index (χ4n) is 2.53. The Morgan fingerprint density at radius 1 is 1.09 bits per heavy atom. The van der Waals surface area contributed by atoms with Crippen LogP contribution in [0, 0.1) is 0 Å². The number of H-pyrrole nitrogens is 1. The van der Waals surface area contributed by atoms with Crippen LogP contribution in [0.2, 0.25) is 5.15 Å². The van der Waals surface area contributed by atoms with Crippen molar-refractivity contribution in [1.82, 2.24) is 24.8 Å². The molecular weight excluding hydrogens is 302 g/mol. The number of hydrogen-bond donors (Lipinski definition) is 1. The van der Waals surface area contributed by atoms with Gasteiger partial charge in [0.2, 0.25) is 0 Å². The molecule has 22 heavy (non-hydrogen) atoms. The summed E-state index contributed by atoms with van der Waals surface area (Å²) in [6.07, 6.45) is 2.15. The van der Waals surface area contributed by atoms with Crippen molar-refractivity contribution in [2.45, 2.75) is 6.42 Å². The van der Waals surface area contributed by atoms with Crippen molar-refractivity contribution < 1.29 is 0 Å². The van der Waals surface area contributed by atoms with Gasteiger partial charge in [-0.1, -0.05) is 23.7 Å². The molecule has 0 saturated carbocycles. The lowest BCUT2D eigenvalue weighted by Gasteiger charge is -2.04. The molecule has 1 N–H and O–H groups in total. The molecule has 0 spiro atoms. The molecule has 108 valence electrons. The van der Waals surface area contributed by atoms with E-state index in [9.17, 15) is 4.79 Å². The van der Waals surface area contributed by atoms with Crippen molar-refractivity contribution in [2.24, 2.45) is 0 Å². The van der Waals surface area contributed by atoms with Crippen LogP contribution in [0.5, 0.6) is 0 Å². The molecular formula is C15H10ClN5O. The zero-order valence-electron chi connectivity index (χ0n) is 11.3. The Bertz CT molecular complexity index is 1050. The number of benzene rings is 1. The third kappa shape index (κ3) is 2.05. The van der Waals surface area contributed by atoms with Gasteiger partial charge in [-0.15, -0.1) is 10.2 Å². The fourth-order valence-corrected chi connectivity index (χ4v) is 2.67. The van der Waals surface area contributed by atoms with Gasteiger partial charge in [-0.25, -0.2) is 0 Å². The lowest BCUT2D eigenvalue weighted by Crippen LogP contribution is -2.06. The normalized spacial score (nSPS) is 11.3. The van der Waals surface area contributed by atoms with E-state index in [0.29, 0.717) is 28.4 Å². The monoisotopic (exact) mass is 311 g/mol. The van der Waals surface area contributed by atoms with Gasteiger partial charge in [0.1, 0.15) is 5.15 Å². The van der Waals surface area contributed by atoms with Gasteiger partial charge in [-0.3, -0.25) is 4.79 Å². The summed E-state index contributed by atoms with van der Waals surface area (Å²) in [6, 6.07) is 10.9. The van der Waals surface area contributed by atoms with E-state index in [1.165, 1.54) is 0 Å². The van der Waals surface area contributed by atoms with Crippen LogP contribution in [0.3, 0.4) is 0 Å². The summed E-state index contributed by atoms with van der Waals surface area (Å²) in [6.45, 7) is 0. The number of pyridine rings is 1. The standard InChI is InChI=1S/C15H10ClN5O/c16-12-4-5-13-18-19-14(21(13)20-12)8-9-2-1-3-11-10(9)6-7-17-15(11)22/h1-7H,8H2,(H,17,22). The second kappa shape index (κ2) is 4.92. The van der Waals surface area contributed by atoms with Crippen LogP contribution in [-0.4, -0.2) is 24.8 Å². The summed E-state index contributed by atoms with van der Waals surface area (Å²) in [5, 5.41) is 14.4. The number of nitrogens with zero attached hydrogens (tertiary/aromatic N) is 4. The van der Waals surface area contributed by atoms with Crippen LogP contribution in [0.1, 0.15) is 11.4 Å². The minimum Gasteiger partial charge on any atom is -0.329 e. The molecule has 0 aliphatic carbocycles. The number of hydrogen-bond acceptors (Lipinski definition) is 4. The molecule has 7 heteroatoms. The molecule has 0 aliphatic heterocycles. The third-order valence-corrected chi connectivity index (χ3v) is 3.75. The van der Waals surface area contributed by atoms with Crippen LogP contribution in [-0.2, 0) is 6.42 Å². The molecule has 0 bridgehead atoms. The molecule has 0 aliphatic rings. The predicted molar refractivity (Wildman–Crippen MR) is 83.2 cm³/mol. The van der Waals surface area contributed by atoms with E-state index < -0.39 is 0 Å². The molecule has 0 atom stereocenters. The average molecular weight is 312 g/mol. The van der Waals surface area contributed by atoms with Gasteiger partial charge in [-0.2, -0.15) is 9.61 Å². The Morgan fingerprint density at radius 3 is 2.91 bits per heavy atom. The number of halogens is 1. The van der Waals surface area contributed by atoms with E-state index in [1.54, 1.807) is 28.9 Å². The molecule has 3 heterocycles. The highest BCUT2D eigenvalue weighted by molar-refractivity contribution is 6.29. The lowest BCUT2D eigenvalue weighted by atomic mass is 10.0. The van der Waals surface area contributed by atoms with Gasteiger partial charge < -0.3 is 4.98 Å². The van der Waals surface area contributed by atoms with E-state index in [1.807, 2.05) is 18.2 Å². The minimum absolute atomic E-state index is 0.105. The molecule has 0 unspecified atom stereocenters. The van der Waals surface area contributed by atoms with E-state index in [0.717, 1.165) is 10.9 Å². The van der Waals surface area contributed by atoms with E-state index >= 15 is 0 Å². The summed E-state index contributed by atoms with van der Waals surface area (Å²) in [7, 11) is 0. The van der Waals surface area contributed by atoms with Gasteiger partial charge in [-0.05, 0) is 35.2 Å². The van der Waals surface area contributed by atoms with Crippen molar-refractivity contribution >= 4 is 28.0 Å². The summed E-state index contributed by atoms with van der Waals surface area (Å²) < 4.78 is 1.62. The highest BCUT2D eigenvalue weighted by Gasteiger charge is 2.11. The van der Waals surface area contributed by atoms with Crippen LogP contribution in [0.25, 0.3) is 16.4 Å². The number of aromatic amines is 1. The minimum atomic E-state index is -0.105. The topological polar surface area (TPSA) is 75.9 Å². The predicted octanol–water partition coefficient (Wildman–Crippen LogP) is 2.21. The Morgan fingerprint density at radius 2 is 2.00 bits per heavy atom. The van der Waals surface area contributed by atoms with E-state index in [-0.39, 0.29) is 5.56 Å². The summed E-state index contributed by atoms with van der Waals surface area (Å²) >= 11 is 5.93. The molecule has 0 radical (unpaired) electrons. The molecule has 6 nitrogen and oxygen atoms in total. The van der Waals surface area contributed by atoms with Crippen molar-refractivity contribution in [3.05, 3.63) is 69.5 Å². The number of fused-ring (bicyclic) bond motifs is 2. The first-order chi connectivity index (χ1) is 10.7.